The number of non-ortho nitro benzene ring substituents is 1. The zero-order chi connectivity index (χ0) is 27.4. The van der Waals surface area contributed by atoms with Gasteiger partial charge in [0.1, 0.15) is 0 Å². The highest BCUT2D eigenvalue weighted by Gasteiger charge is 2.31. The molecule has 0 spiro atoms. The van der Waals surface area contributed by atoms with Crippen molar-refractivity contribution in [1.29, 1.82) is 0 Å². The Hall–Kier alpha value is -4.37. The molecule has 1 saturated heterocycles. The van der Waals surface area contributed by atoms with E-state index in [0.29, 0.717) is 22.7 Å². The molecule has 4 aromatic rings. The summed E-state index contributed by atoms with van der Waals surface area (Å²) >= 11 is 0. The Morgan fingerprint density at radius 1 is 1.03 bits per heavy atom. The summed E-state index contributed by atoms with van der Waals surface area (Å²) in [6.07, 6.45) is 4.66. The number of piperidine rings is 1. The van der Waals surface area contributed by atoms with Crippen LogP contribution in [0.15, 0.2) is 72.9 Å². The minimum atomic E-state index is -0.466. The van der Waals surface area contributed by atoms with Crippen molar-refractivity contribution in [3.63, 3.8) is 0 Å². The minimum absolute atomic E-state index is 0.0323. The highest BCUT2D eigenvalue weighted by Crippen LogP contribution is 2.35. The van der Waals surface area contributed by atoms with Crippen LogP contribution in [0.4, 0.5) is 11.4 Å². The number of carbonyl (C=O) groups is 1. The van der Waals surface area contributed by atoms with Crippen molar-refractivity contribution in [2.45, 2.75) is 25.3 Å². The van der Waals surface area contributed by atoms with Crippen molar-refractivity contribution in [2.75, 3.05) is 38.8 Å². The number of carbonyl (C=O) groups excluding carboxylic acids is 1. The van der Waals surface area contributed by atoms with Crippen LogP contribution in [0.2, 0.25) is 0 Å². The summed E-state index contributed by atoms with van der Waals surface area (Å²) in [7, 11) is 3.14. The van der Waals surface area contributed by atoms with Gasteiger partial charge in [-0.25, -0.2) is 0 Å². The van der Waals surface area contributed by atoms with Gasteiger partial charge in [0.25, 0.3) is 11.6 Å². The average molecular weight is 529 g/mol. The van der Waals surface area contributed by atoms with Crippen molar-refractivity contribution in [1.82, 2.24) is 9.88 Å². The molecule has 0 bridgehead atoms. The Bertz CT molecular complexity index is 1460. The van der Waals surface area contributed by atoms with Gasteiger partial charge >= 0.3 is 0 Å². The third kappa shape index (κ3) is 5.58. The number of benzene rings is 3. The summed E-state index contributed by atoms with van der Waals surface area (Å²) < 4.78 is 10.9. The third-order valence-corrected chi connectivity index (χ3v) is 7.48. The maximum atomic E-state index is 13.8. The van der Waals surface area contributed by atoms with Crippen LogP contribution in [0.25, 0.3) is 10.9 Å². The van der Waals surface area contributed by atoms with Gasteiger partial charge < -0.3 is 24.3 Å². The first-order chi connectivity index (χ1) is 19.0. The number of methoxy groups -OCH3 is 2. The number of nitrogens with zero attached hydrogens (tertiary/aromatic N) is 3. The molecular formula is C30H32N4O5. The molecule has 1 aliphatic rings. The highest BCUT2D eigenvalue weighted by atomic mass is 16.6. The summed E-state index contributed by atoms with van der Waals surface area (Å²) in [4.78, 5) is 32.1. The van der Waals surface area contributed by atoms with Gasteiger partial charge in [0.05, 0.1) is 19.1 Å². The number of aromatic nitrogens is 1. The fourth-order valence-corrected chi connectivity index (χ4v) is 5.35. The number of amides is 1. The lowest BCUT2D eigenvalue weighted by molar-refractivity contribution is -0.384. The topological polar surface area (TPSA) is 101 Å². The van der Waals surface area contributed by atoms with Gasteiger partial charge in [-0.3, -0.25) is 14.9 Å². The normalized spacial score (nSPS) is 14.3. The first-order valence-corrected chi connectivity index (χ1v) is 13.1. The van der Waals surface area contributed by atoms with E-state index in [0.717, 1.165) is 44.4 Å². The Morgan fingerprint density at radius 3 is 2.44 bits per heavy atom. The molecule has 1 fully saturated rings. The zero-order valence-corrected chi connectivity index (χ0v) is 22.1. The predicted octanol–water partition coefficient (Wildman–Crippen LogP) is 5.45. The summed E-state index contributed by atoms with van der Waals surface area (Å²) in [6, 6.07) is 19.5. The van der Waals surface area contributed by atoms with Gasteiger partial charge in [-0.15, -0.1) is 0 Å². The van der Waals surface area contributed by atoms with Gasteiger partial charge in [0, 0.05) is 72.2 Å². The van der Waals surface area contributed by atoms with Crippen LogP contribution in [0.1, 0.15) is 28.8 Å². The second-order valence-electron chi connectivity index (χ2n) is 9.70. The quantitative estimate of drug-likeness (QED) is 0.229. The number of anilines is 1. The molecule has 0 unspecified atom stereocenters. The maximum Gasteiger partial charge on any atom is 0.269 e. The van der Waals surface area contributed by atoms with Crippen LogP contribution in [0.5, 0.6) is 11.5 Å². The molecule has 1 aliphatic heterocycles. The molecule has 9 nitrogen and oxygen atoms in total. The smallest absolute Gasteiger partial charge is 0.269 e. The van der Waals surface area contributed by atoms with Crippen molar-refractivity contribution in [3.05, 3.63) is 94.2 Å². The molecule has 0 aliphatic carbocycles. The molecule has 2 heterocycles. The van der Waals surface area contributed by atoms with Crippen molar-refractivity contribution in [2.24, 2.45) is 0 Å². The third-order valence-electron chi connectivity index (χ3n) is 7.48. The summed E-state index contributed by atoms with van der Waals surface area (Å²) in [5, 5.41) is 12.4. The molecule has 0 atom stereocenters. The molecule has 5 rings (SSSR count). The molecule has 3 aromatic carbocycles. The van der Waals surface area contributed by atoms with E-state index in [1.54, 1.807) is 25.2 Å². The number of H-pyrrole nitrogens is 1. The zero-order valence-electron chi connectivity index (χ0n) is 22.1. The summed E-state index contributed by atoms with van der Waals surface area (Å²) in [5.41, 5.74) is 3.52. The van der Waals surface area contributed by atoms with Crippen molar-refractivity contribution >= 4 is 28.2 Å². The number of nitro benzene ring substituents is 1. The van der Waals surface area contributed by atoms with Crippen LogP contribution in [0, 0.1) is 10.1 Å². The number of fused-ring (bicyclic) bond motifs is 1. The number of para-hydroxylation sites is 1. The van der Waals surface area contributed by atoms with Crippen LogP contribution >= 0.6 is 0 Å². The summed E-state index contributed by atoms with van der Waals surface area (Å²) in [5.74, 6) is 0.915. The average Bonchev–Trinajstić information content (AvgIpc) is 3.39. The van der Waals surface area contributed by atoms with Crippen LogP contribution in [0.3, 0.4) is 0 Å². The van der Waals surface area contributed by atoms with E-state index in [9.17, 15) is 14.9 Å². The molecule has 1 amide bonds. The lowest BCUT2D eigenvalue weighted by Gasteiger charge is -2.39. The molecular weight excluding hydrogens is 496 g/mol. The number of aromatic amines is 1. The van der Waals surface area contributed by atoms with E-state index in [1.165, 1.54) is 35.2 Å². The van der Waals surface area contributed by atoms with Gasteiger partial charge in [0.2, 0.25) is 0 Å². The molecule has 0 saturated carbocycles. The first kappa shape index (κ1) is 26.2. The number of likely N-dealkylation sites (tertiary alicyclic amines) is 1. The number of nitrogens with one attached hydrogen (secondary N) is 1. The molecule has 202 valence electrons. The van der Waals surface area contributed by atoms with Crippen LogP contribution < -0.4 is 14.4 Å². The van der Waals surface area contributed by atoms with Gasteiger partial charge in [-0.2, -0.15) is 0 Å². The summed E-state index contributed by atoms with van der Waals surface area (Å²) in [6.45, 7) is 2.68. The minimum Gasteiger partial charge on any atom is -0.493 e. The number of hydrogen-bond acceptors (Lipinski definition) is 6. The highest BCUT2D eigenvalue weighted by molar-refractivity contribution is 6.06. The monoisotopic (exact) mass is 528 g/mol. The van der Waals surface area contributed by atoms with Gasteiger partial charge in [-0.1, -0.05) is 18.2 Å². The maximum absolute atomic E-state index is 13.8. The Balaban J connectivity index is 1.33. The lowest BCUT2D eigenvalue weighted by atomic mass is 10.00. The molecule has 1 aromatic heterocycles. The number of ether oxygens (including phenoxy) is 2. The van der Waals surface area contributed by atoms with E-state index < -0.39 is 4.92 Å². The van der Waals surface area contributed by atoms with E-state index in [-0.39, 0.29) is 17.6 Å². The van der Waals surface area contributed by atoms with E-state index in [4.69, 9.17) is 9.47 Å². The second kappa shape index (κ2) is 11.6. The van der Waals surface area contributed by atoms with E-state index >= 15 is 0 Å². The Labute approximate surface area is 227 Å². The standard InChI is InChI=1S/C30H32N4O5/c1-38-28-12-11-25(19-29(28)39-2)33(30(35)21-7-9-24(10-8-21)34(36)37)23-14-17-32(18-15-23)16-13-22-20-31-27-6-4-3-5-26(22)27/h3-12,19-20,23,31H,13-18H2,1-2H3. The Kier molecular flexibility index (Phi) is 7.79. The van der Waals surface area contributed by atoms with Crippen molar-refractivity contribution < 1.29 is 19.2 Å². The van der Waals surface area contributed by atoms with Gasteiger partial charge in [-0.05, 0) is 55.2 Å². The van der Waals surface area contributed by atoms with Crippen LogP contribution in [-0.2, 0) is 6.42 Å². The molecule has 1 N–H and O–H groups in total. The lowest BCUT2D eigenvalue weighted by Crippen LogP contribution is -2.48. The fourth-order valence-electron chi connectivity index (χ4n) is 5.35. The number of nitro groups is 1. The Morgan fingerprint density at radius 2 is 1.74 bits per heavy atom. The van der Waals surface area contributed by atoms with E-state index in [1.807, 2.05) is 18.2 Å². The molecule has 9 heteroatoms. The van der Waals surface area contributed by atoms with Crippen molar-refractivity contribution in [3.8, 4) is 11.5 Å². The predicted molar refractivity (Wildman–Crippen MR) is 151 cm³/mol. The van der Waals surface area contributed by atoms with Gasteiger partial charge in [0.15, 0.2) is 11.5 Å². The largest absolute Gasteiger partial charge is 0.493 e. The number of rotatable bonds is 9. The second-order valence-corrected chi connectivity index (χ2v) is 9.70. The van der Waals surface area contributed by atoms with Crippen LogP contribution in [-0.4, -0.2) is 60.6 Å². The van der Waals surface area contributed by atoms with E-state index in [2.05, 4.69) is 34.3 Å². The fraction of sp³-hybridized carbons (Fsp3) is 0.300. The SMILES string of the molecule is COc1ccc(N(C(=O)c2ccc([N+](=O)[O-])cc2)C2CCN(CCc3c[nH]c4ccccc34)CC2)cc1OC. The molecule has 39 heavy (non-hydrogen) atoms. The molecule has 0 radical (unpaired) electrons. The number of hydrogen-bond donors (Lipinski definition) is 1. The first-order valence-electron chi connectivity index (χ1n) is 13.1.